The molecule has 0 spiro atoms. The molecule has 2 N–H and O–H groups in total. The van der Waals surface area contributed by atoms with Crippen LogP contribution in [-0.2, 0) is 6.42 Å². The summed E-state index contributed by atoms with van der Waals surface area (Å²) in [4.78, 5) is 10.3. The summed E-state index contributed by atoms with van der Waals surface area (Å²) in [6.45, 7) is 0.396. The summed E-state index contributed by atoms with van der Waals surface area (Å²) in [5.74, 6) is 0.484. The monoisotopic (exact) mass is 196 g/mol. The average molecular weight is 196 g/mol. The van der Waals surface area contributed by atoms with Gasteiger partial charge in [-0.25, -0.2) is 0 Å². The standard InChI is InChI=1S/C9H12N2O3/c1-14-8-3-2-7(4-5-10)9(6-8)11(12)13/h2-3,6H,4-5,10H2,1H3. The highest BCUT2D eigenvalue weighted by Gasteiger charge is 2.13. The number of nitro benzene ring substituents is 1. The highest BCUT2D eigenvalue weighted by atomic mass is 16.6. The lowest BCUT2D eigenvalue weighted by molar-refractivity contribution is -0.385. The van der Waals surface area contributed by atoms with Crippen molar-refractivity contribution in [2.24, 2.45) is 5.73 Å². The van der Waals surface area contributed by atoms with Crippen molar-refractivity contribution in [1.82, 2.24) is 0 Å². The van der Waals surface area contributed by atoms with E-state index in [1.165, 1.54) is 13.2 Å². The van der Waals surface area contributed by atoms with Crippen LogP contribution in [0.1, 0.15) is 5.56 Å². The number of nitrogens with two attached hydrogens (primary N) is 1. The predicted molar refractivity (Wildman–Crippen MR) is 52.4 cm³/mol. The minimum atomic E-state index is -0.423. The highest BCUT2D eigenvalue weighted by molar-refractivity contribution is 5.46. The Kier molecular flexibility index (Phi) is 3.41. The number of rotatable bonds is 4. The number of hydrogen-bond acceptors (Lipinski definition) is 4. The Bertz CT molecular complexity index is 339. The van der Waals surface area contributed by atoms with Gasteiger partial charge in [0.15, 0.2) is 0 Å². The Morgan fingerprint density at radius 2 is 2.29 bits per heavy atom. The first-order chi connectivity index (χ1) is 6.69. The van der Waals surface area contributed by atoms with Crippen molar-refractivity contribution in [2.45, 2.75) is 6.42 Å². The van der Waals surface area contributed by atoms with E-state index >= 15 is 0 Å². The molecule has 0 aliphatic carbocycles. The third kappa shape index (κ3) is 2.20. The molecule has 0 atom stereocenters. The fourth-order valence-corrected chi connectivity index (χ4v) is 1.21. The average Bonchev–Trinajstić information content (AvgIpc) is 2.18. The third-order valence-electron chi connectivity index (χ3n) is 1.90. The van der Waals surface area contributed by atoms with Crippen LogP contribution in [0, 0.1) is 10.1 Å². The smallest absolute Gasteiger partial charge is 0.276 e. The Morgan fingerprint density at radius 1 is 1.57 bits per heavy atom. The molecule has 1 aromatic carbocycles. The summed E-state index contributed by atoms with van der Waals surface area (Å²) in [5, 5.41) is 10.7. The first-order valence-electron chi connectivity index (χ1n) is 4.20. The number of methoxy groups -OCH3 is 1. The molecule has 1 rings (SSSR count). The van der Waals surface area contributed by atoms with Gasteiger partial charge in [0.2, 0.25) is 0 Å². The minimum Gasteiger partial charge on any atom is -0.497 e. The van der Waals surface area contributed by atoms with Gasteiger partial charge in [0.05, 0.1) is 18.1 Å². The van der Waals surface area contributed by atoms with Crippen LogP contribution in [0.3, 0.4) is 0 Å². The molecule has 0 saturated heterocycles. The van der Waals surface area contributed by atoms with E-state index < -0.39 is 4.92 Å². The summed E-state index contributed by atoms with van der Waals surface area (Å²) < 4.78 is 4.90. The molecular formula is C9H12N2O3. The lowest BCUT2D eigenvalue weighted by Gasteiger charge is -2.03. The van der Waals surface area contributed by atoms with Crippen molar-refractivity contribution in [3.05, 3.63) is 33.9 Å². The van der Waals surface area contributed by atoms with Crippen LogP contribution in [0.5, 0.6) is 5.75 Å². The topological polar surface area (TPSA) is 78.4 Å². The van der Waals surface area contributed by atoms with E-state index in [1.807, 2.05) is 0 Å². The van der Waals surface area contributed by atoms with E-state index in [4.69, 9.17) is 10.5 Å². The minimum absolute atomic E-state index is 0.0646. The van der Waals surface area contributed by atoms with Crippen LogP contribution in [0.15, 0.2) is 18.2 Å². The molecule has 14 heavy (non-hydrogen) atoms. The molecule has 0 bridgehead atoms. The first kappa shape index (κ1) is 10.5. The maximum absolute atomic E-state index is 10.7. The summed E-state index contributed by atoms with van der Waals surface area (Å²) in [6, 6.07) is 4.77. The molecule has 0 saturated carbocycles. The Labute approximate surface area is 81.6 Å². The van der Waals surface area contributed by atoms with Gasteiger partial charge in [0, 0.05) is 5.56 Å². The van der Waals surface area contributed by atoms with Gasteiger partial charge in [-0.05, 0) is 25.1 Å². The van der Waals surface area contributed by atoms with Crippen molar-refractivity contribution < 1.29 is 9.66 Å². The molecule has 0 radical (unpaired) electrons. The summed E-state index contributed by atoms with van der Waals surface area (Å²) in [7, 11) is 1.47. The highest BCUT2D eigenvalue weighted by Crippen LogP contribution is 2.24. The number of hydrogen-bond donors (Lipinski definition) is 1. The first-order valence-corrected chi connectivity index (χ1v) is 4.20. The number of benzene rings is 1. The van der Waals surface area contributed by atoms with Crippen molar-refractivity contribution in [2.75, 3.05) is 13.7 Å². The van der Waals surface area contributed by atoms with Gasteiger partial charge in [-0.3, -0.25) is 10.1 Å². The number of ether oxygens (including phenoxy) is 1. The maximum atomic E-state index is 10.7. The second-order valence-corrected chi connectivity index (χ2v) is 2.79. The molecule has 5 nitrogen and oxygen atoms in total. The summed E-state index contributed by atoms with van der Waals surface area (Å²) >= 11 is 0. The zero-order valence-corrected chi connectivity index (χ0v) is 7.90. The van der Waals surface area contributed by atoms with E-state index in [2.05, 4.69) is 0 Å². The van der Waals surface area contributed by atoms with Gasteiger partial charge < -0.3 is 10.5 Å². The SMILES string of the molecule is COc1ccc(CCN)c([N+](=O)[O-])c1. The van der Waals surface area contributed by atoms with Crippen LogP contribution in [0.25, 0.3) is 0 Å². The van der Waals surface area contributed by atoms with Crippen LogP contribution in [-0.4, -0.2) is 18.6 Å². The second kappa shape index (κ2) is 4.57. The van der Waals surface area contributed by atoms with E-state index in [9.17, 15) is 10.1 Å². The molecule has 0 aliphatic rings. The lowest BCUT2D eigenvalue weighted by Crippen LogP contribution is -2.05. The molecule has 0 amide bonds. The maximum Gasteiger partial charge on any atom is 0.276 e. The molecule has 5 heteroatoms. The van der Waals surface area contributed by atoms with Gasteiger partial charge in [0.1, 0.15) is 5.75 Å². The largest absolute Gasteiger partial charge is 0.497 e. The number of nitrogens with zero attached hydrogens (tertiary/aromatic N) is 1. The summed E-state index contributed by atoms with van der Waals surface area (Å²) in [6.07, 6.45) is 0.500. The van der Waals surface area contributed by atoms with Crippen LogP contribution >= 0.6 is 0 Å². The Balaban J connectivity index is 3.10. The molecule has 0 unspecified atom stereocenters. The van der Waals surface area contributed by atoms with Gasteiger partial charge in [-0.15, -0.1) is 0 Å². The van der Waals surface area contributed by atoms with Crippen molar-refractivity contribution in [1.29, 1.82) is 0 Å². The van der Waals surface area contributed by atoms with Crippen molar-refractivity contribution in [3.63, 3.8) is 0 Å². The van der Waals surface area contributed by atoms with Gasteiger partial charge >= 0.3 is 0 Å². The number of nitro groups is 1. The second-order valence-electron chi connectivity index (χ2n) is 2.79. The third-order valence-corrected chi connectivity index (χ3v) is 1.90. The zero-order valence-electron chi connectivity index (χ0n) is 7.90. The van der Waals surface area contributed by atoms with Crippen molar-refractivity contribution in [3.8, 4) is 5.75 Å². The van der Waals surface area contributed by atoms with Crippen LogP contribution in [0.2, 0.25) is 0 Å². The fourth-order valence-electron chi connectivity index (χ4n) is 1.21. The summed E-state index contributed by atoms with van der Waals surface area (Å²) in [5.41, 5.74) is 6.05. The normalized spacial score (nSPS) is 9.86. The molecule has 0 aliphatic heterocycles. The van der Waals surface area contributed by atoms with E-state index in [0.29, 0.717) is 24.3 Å². The van der Waals surface area contributed by atoms with Crippen LogP contribution < -0.4 is 10.5 Å². The van der Waals surface area contributed by atoms with Gasteiger partial charge in [-0.1, -0.05) is 0 Å². The molecule has 76 valence electrons. The van der Waals surface area contributed by atoms with Gasteiger partial charge in [-0.2, -0.15) is 0 Å². The Hall–Kier alpha value is -1.62. The predicted octanol–water partition coefficient (Wildman–Crippen LogP) is 1.10. The lowest BCUT2D eigenvalue weighted by atomic mass is 10.1. The Morgan fingerprint density at radius 3 is 2.79 bits per heavy atom. The fraction of sp³-hybridized carbons (Fsp3) is 0.333. The van der Waals surface area contributed by atoms with E-state index in [1.54, 1.807) is 12.1 Å². The molecular weight excluding hydrogens is 184 g/mol. The zero-order chi connectivity index (χ0) is 10.6. The molecule has 0 aromatic heterocycles. The van der Waals surface area contributed by atoms with Crippen LogP contribution in [0.4, 0.5) is 5.69 Å². The van der Waals surface area contributed by atoms with E-state index in [-0.39, 0.29) is 5.69 Å². The van der Waals surface area contributed by atoms with Gasteiger partial charge in [0.25, 0.3) is 5.69 Å². The van der Waals surface area contributed by atoms with E-state index in [0.717, 1.165) is 0 Å². The molecule has 0 fully saturated rings. The molecule has 0 heterocycles. The molecule has 1 aromatic rings. The van der Waals surface area contributed by atoms with Crippen molar-refractivity contribution >= 4 is 5.69 Å². The quantitative estimate of drug-likeness (QED) is 0.577.